The van der Waals surface area contributed by atoms with Gasteiger partial charge in [0.05, 0.1) is 17.6 Å². The summed E-state index contributed by atoms with van der Waals surface area (Å²) in [4.78, 5) is 20.7. The zero-order valence-corrected chi connectivity index (χ0v) is 8.55. The van der Waals surface area contributed by atoms with Crippen LogP contribution in [0.5, 0.6) is 11.5 Å². The van der Waals surface area contributed by atoms with Crippen LogP contribution in [-0.4, -0.2) is 28.2 Å². The molecule has 0 fully saturated rings. The van der Waals surface area contributed by atoms with E-state index in [1.807, 2.05) is 0 Å². The molecule has 0 heterocycles. The lowest BCUT2D eigenvalue weighted by Gasteiger charge is -2.08. The maximum absolute atomic E-state index is 10.8. The smallest absolute Gasteiger partial charge is 0.342 e. The molecule has 0 radical (unpaired) electrons. The molecule has 0 unspecified atom stereocenters. The van der Waals surface area contributed by atoms with Crippen LogP contribution < -0.4 is 4.74 Å². The fourth-order valence-electron chi connectivity index (χ4n) is 1.32. The van der Waals surface area contributed by atoms with E-state index in [9.17, 15) is 20.0 Å². The van der Waals surface area contributed by atoms with Crippen molar-refractivity contribution in [3.05, 3.63) is 27.3 Å². The van der Waals surface area contributed by atoms with Gasteiger partial charge in [-0.15, -0.1) is 0 Å². The van der Waals surface area contributed by atoms with Crippen molar-refractivity contribution in [1.29, 1.82) is 0 Å². The Hall–Kier alpha value is -2.31. The molecule has 2 N–H and O–H groups in total. The molecule has 7 nitrogen and oxygen atoms in total. The topological polar surface area (TPSA) is 110 Å². The number of nitrogens with zero attached hydrogens (tertiary/aromatic N) is 1. The lowest BCUT2D eigenvalue weighted by atomic mass is 10.1. The number of phenols is 1. The van der Waals surface area contributed by atoms with E-state index in [1.54, 1.807) is 0 Å². The normalized spacial score (nSPS) is 9.88. The molecule has 0 spiro atoms. The van der Waals surface area contributed by atoms with Gasteiger partial charge in [-0.1, -0.05) is 0 Å². The second-order valence-electron chi connectivity index (χ2n) is 3.01. The van der Waals surface area contributed by atoms with Crippen molar-refractivity contribution in [2.45, 2.75) is 6.92 Å². The summed E-state index contributed by atoms with van der Waals surface area (Å²) in [6, 6.07) is 0.919. The van der Waals surface area contributed by atoms with E-state index in [2.05, 4.69) is 0 Å². The first kappa shape index (κ1) is 11.8. The van der Waals surface area contributed by atoms with Crippen LogP contribution in [0.15, 0.2) is 6.07 Å². The molecule has 16 heavy (non-hydrogen) atoms. The zero-order valence-electron chi connectivity index (χ0n) is 8.55. The molecule has 0 aliphatic heterocycles. The minimum Gasteiger partial charge on any atom is -0.504 e. The number of aromatic carboxylic acids is 1. The van der Waals surface area contributed by atoms with E-state index in [1.165, 1.54) is 14.0 Å². The average Bonchev–Trinajstić information content (AvgIpc) is 2.20. The molecule has 0 bridgehead atoms. The van der Waals surface area contributed by atoms with E-state index in [4.69, 9.17) is 9.84 Å². The number of methoxy groups -OCH3 is 1. The fourth-order valence-corrected chi connectivity index (χ4v) is 1.32. The third-order valence-corrected chi connectivity index (χ3v) is 2.11. The SMILES string of the molecule is COc1cc(C(=O)O)c([N+](=O)[O-])c(C)c1O. The third-order valence-electron chi connectivity index (χ3n) is 2.11. The first-order chi connectivity index (χ1) is 7.40. The first-order valence-electron chi connectivity index (χ1n) is 4.18. The van der Waals surface area contributed by atoms with Gasteiger partial charge in [0, 0.05) is 6.07 Å². The molecule has 1 rings (SSSR count). The second kappa shape index (κ2) is 4.05. The summed E-state index contributed by atoms with van der Waals surface area (Å²) in [5, 5.41) is 29.0. The highest BCUT2D eigenvalue weighted by atomic mass is 16.6. The number of ether oxygens (including phenoxy) is 1. The number of benzene rings is 1. The number of hydrogen-bond acceptors (Lipinski definition) is 5. The van der Waals surface area contributed by atoms with Gasteiger partial charge in [-0.3, -0.25) is 10.1 Å². The summed E-state index contributed by atoms with van der Waals surface area (Å²) in [7, 11) is 1.23. The number of phenolic OH excluding ortho intramolecular Hbond substituents is 1. The van der Waals surface area contributed by atoms with Crippen LogP contribution >= 0.6 is 0 Å². The predicted octanol–water partition coefficient (Wildman–Crippen LogP) is 1.32. The van der Waals surface area contributed by atoms with Gasteiger partial charge in [-0.05, 0) is 6.92 Å². The van der Waals surface area contributed by atoms with Crippen molar-refractivity contribution in [1.82, 2.24) is 0 Å². The number of carboxylic acid groups (broad SMARTS) is 1. The summed E-state index contributed by atoms with van der Waals surface area (Å²) in [6.07, 6.45) is 0. The van der Waals surface area contributed by atoms with Crippen molar-refractivity contribution in [2.24, 2.45) is 0 Å². The van der Waals surface area contributed by atoms with Crippen molar-refractivity contribution in [3.8, 4) is 11.5 Å². The van der Waals surface area contributed by atoms with Crippen LogP contribution in [0.3, 0.4) is 0 Å². The molecule has 7 heteroatoms. The summed E-state index contributed by atoms with van der Waals surface area (Å²) in [6.45, 7) is 1.25. The van der Waals surface area contributed by atoms with Crippen molar-refractivity contribution >= 4 is 11.7 Å². The molecular weight excluding hydrogens is 218 g/mol. The van der Waals surface area contributed by atoms with Gasteiger partial charge < -0.3 is 14.9 Å². The van der Waals surface area contributed by atoms with Gasteiger partial charge >= 0.3 is 5.97 Å². The number of carboxylic acids is 1. The lowest BCUT2D eigenvalue weighted by Crippen LogP contribution is -2.05. The van der Waals surface area contributed by atoms with Crippen LogP contribution in [-0.2, 0) is 0 Å². The maximum Gasteiger partial charge on any atom is 0.342 e. The highest BCUT2D eigenvalue weighted by Crippen LogP contribution is 2.38. The maximum atomic E-state index is 10.8. The van der Waals surface area contributed by atoms with Gasteiger partial charge in [-0.25, -0.2) is 4.79 Å². The molecular formula is C9H9NO6. The minimum atomic E-state index is -1.45. The Bertz CT molecular complexity index is 468. The number of nitro benzene ring substituents is 1. The van der Waals surface area contributed by atoms with Crippen LogP contribution in [0.4, 0.5) is 5.69 Å². The third kappa shape index (κ3) is 1.74. The van der Waals surface area contributed by atoms with Gasteiger partial charge in [-0.2, -0.15) is 0 Å². The number of nitro groups is 1. The number of hydrogen-bond donors (Lipinski definition) is 2. The first-order valence-corrected chi connectivity index (χ1v) is 4.18. The number of aromatic hydroxyl groups is 1. The Morgan fingerprint density at radius 2 is 2.12 bits per heavy atom. The molecule has 1 aromatic carbocycles. The highest BCUT2D eigenvalue weighted by Gasteiger charge is 2.27. The lowest BCUT2D eigenvalue weighted by molar-refractivity contribution is -0.385. The quantitative estimate of drug-likeness (QED) is 0.595. The van der Waals surface area contributed by atoms with Crippen molar-refractivity contribution in [3.63, 3.8) is 0 Å². The van der Waals surface area contributed by atoms with Gasteiger partial charge in [0.2, 0.25) is 0 Å². The Morgan fingerprint density at radius 3 is 2.50 bits per heavy atom. The van der Waals surface area contributed by atoms with E-state index in [0.29, 0.717) is 0 Å². The number of carbonyl (C=O) groups is 1. The Kier molecular flexibility index (Phi) is 2.98. The van der Waals surface area contributed by atoms with Crippen LogP contribution in [0.1, 0.15) is 15.9 Å². The largest absolute Gasteiger partial charge is 0.504 e. The molecule has 0 aliphatic rings. The summed E-state index contributed by atoms with van der Waals surface area (Å²) in [5.41, 5.74) is -1.29. The molecule has 0 aliphatic carbocycles. The zero-order chi connectivity index (χ0) is 12.5. The molecule has 0 aromatic heterocycles. The fraction of sp³-hybridized carbons (Fsp3) is 0.222. The average molecular weight is 227 g/mol. The standard InChI is InChI=1S/C9H9NO6/c1-4-7(10(14)15)5(9(12)13)3-6(16-2)8(4)11/h3,11H,1-2H3,(H,12,13). The Labute approximate surface area is 90.0 Å². The Balaban J connectivity index is 3.65. The van der Waals surface area contributed by atoms with Crippen LogP contribution in [0.25, 0.3) is 0 Å². The van der Waals surface area contributed by atoms with Crippen molar-refractivity contribution < 1.29 is 24.7 Å². The molecule has 0 amide bonds. The van der Waals surface area contributed by atoms with E-state index < -0.39 is 27.9 Å². The van der Waals surface area contributed by atoms with Gasteiger partial charge in [0.25, 0.3) is 5.69 Å². The van der Waals surface area contributed by atoms with Crippen LogP contribution in [0.2, 0.25) is 0 Å². The minimum absolute atomic E-state index is 0.111. The number of rotatable bonds is 3. The summed E-state index contributed by atoms with van der Waals surface area (Å²) >= 11 is 0. The molecule has 0 saturated carbocycles. The van der Waals surface area contributed by atoms with Crippen LogP contribution in [0, 0.1) is 17.0 Å². The Morgan fingerprint density at radius 1 is 1.56 bits per heavy atom. The predicted molar refractivity (Wildman–Crippen MR) is 53.0 cm³/mol. The van der Waals surface area contributed by atoms with Gasteiger partial charge in [0.15, 0.2) is 11.5 Å². The van der Waals surface area contributed by atoms with E-state index in [0.717, 1.165) is 6.07 Å². The molecule has 0 atom stereocenters. The monoisotopic (exact) mass is 227 g/mol. The van der Waals surface area contributed by atoms with E-state index in [-0.39, 0.29) is 11.3 Å². The summed E-state index contributed by atoms with van der Waals surface area (Å²) in [5.74, 6) is -1.99. The van der Waals surface area contributed by atoms with Gasteiger partial charge in [0.1, 0.15) is 5.56 Å². The highest BCUT2D eigenvalue weighted by molar-refractivity contribution is 5.94. The summed E-state index contributed by atoms with van der Waals surface area (Å²) < 4.78 is 4.72. The molecule has 1 aromatic rings. The molecule has 0 saturated heterocycles. The van der Waals surface area contributed by atoms with Crippen molar-refractivity contribution in [2.75, 3.05) is 7.11 Å². The van der Waals surface area contributed by atoms with E-state index >= 15 is 0 Å². The molecule has 86 valence electrons. The second-order valence-corrected chi connectivity index (χ2v) is 3.01.